The fourth-order valence-corrected chi connectivity index (χ4v) is 3.70. The summed E-state index contributed by atoms with van der Waals surface area (Å²) in [6, 6.07) is 3.11. The van der Waals surface area contributed by atoms with Crippen LogP contribution in [0.15, 0.2) is 26.5 Å². The number of halogens is 2. The topological polar surface area (TPSA) is 120 Å². The predicted octanol–water partition coefficient (Wildman–Crippen LogP) is 6.45. The second-order valence-electron chi connectivity index (χ2n) is 10.6. The van der Waals surface area contributed by atoms with Crippen LogP contribution >= 0.6 is 35.0 Å². The molecule has 0 amide bonds. The third-order valence-corrected chi connectivity index (χ3v) is 5.55. The Labute approximate surface area is 238 Å². The Balaban J connectivity index is 0.000000281. The largest absolute Gasteiger partial charge is 0.489 e. The molecule has 0 aliphatic rings. The first kappa shape index (κ1) is 31.7. The van der Waals surface area contributed by atoms with Crippen LogP contribution in [0.5, 0.6) is 5.75 Å². The van der Waals surface area contributed by atoms with Gasteiger partial charge in [-0.25, -0.2) is 4.79 Å². The van der Waals surface area contributed by atoms with E-state index >= 15 is 0 Å². The highest BCUT2D eigenvalue weighted by molar-refractivity contribution is 7.98. The lowest BCUT2D eigenvalue weighted by atomic mass is 9.97. The first-order valence-electron chi connectivity index (χ1n) is 12.1. The summed E-state index contributed by atoms with van der Waals surface area (Å²) in [5.41, 5.74) is -0.0767. The molecule has 38 heavy (non-hydrogen) atoms. The van der Waals surface area contributed by atoms with E-state index in [4.69, 9.17) is 32.4 Å². The first-order chi connectivity index (χ1) is 17.5. The summed E-state index contributed by atoms with van der Waals surface area (Å²) in [6.45, 7) is 18.5. The van der Waals surface area contributed by atoms with E-state index in [-0.39, 0.29) is 22.1 Å². The molecule has 0 radical (unpaired) electrons. The van der Waals surface area contributed by atoms with Gasteiger partial charge in [0.15, 0.2) is 5.16 Å². The SMILES string of the molecule is CC(C)Oc1cc(-n2nc(C(C)(C)C)oc2=O)c(Cl)cc1Cl.CCNc1nc(NC(C)(C)C)nc(SC)n1. The molecule has 3 aromatic rings. The first-order valence-corrected chi connectivity index (χ1v) is 14.1. The summed E-state index contributed by atoms with van der Waals surface area (Å²) in [5.74, 6) is 1.39. The van der Waals surface area contributed by atoms with Crippen LogP contribution in [0.3, 0.4) is 0 Å². The number of anilines is 2. The van der Waals surface area contributed by atoms with Crippen molar-refractivity contribution in [3.8, 4) is 11.4 Å². The second-order valence-corrected chi connectivity index (χ2v) is 12.2. The Bertz CT molecular complexity index is 1280. The van der Waals surface area contributed by atoms with Gasteiger partial charge in [0.25, 0.3) is 0 Å². The molecular formula is C25H37Cl2N7O3S. The van der Waals surface area contributed by atoms with Crippen molar-refractivity contribution in [3.63, 3.8) is 0 Å². The van der Waals surface area contributed by atoms with Gasteiger partial charge < -0.3 is 19.8 Å². The summed E-state index contributed by atoms with van der Waals surface area (Å²) in [6.07, 6.45) is 1.89. The minimum atomic E-state index is -0.607. The van der Waals surface area contributed by atoms with E-state index in [9.17, 15) is 4.79 Å². The van der Waals surface area contributed by atoms with Crippen molar-refractivity contribution in [1.82, 2.24) is 24.7 Å². The number of thioether (sulfide) groups is 1. The fraction of sp³-hybridized carbons (Fsp3) is 0.560. The van der Waals surface area contributed by atoms with Crippen molar-refractivity contribution in [2.24, 2.45) is 0 Å². The highest BCUT2D eigenvalue weighted by Crippen LogP contribution is 2.33. The maximum atomic E-state index is 12.1. The number of hydrogen-bond acceptors (Lipinski definition) is 10. The Morgan fingerprint density at radius 3 is 2.18 bits per heavy atom. The van der Waals surface area contributed by atoms with Gasteiger partial charge in [-0.1, -0.05) is 55.7 Å². The molecule has 1 aromatic carbocycles. The van der Waals surface area contributed by atoms with E-state index in [2.05, 4.69) is 51.5 Å². The number of ether oxygens (including phenoxy) is 1. The van der Waals surface area contributed by atoms with Crippen LogP contribution in [0.4, 0.5) is 11.9 Å². The summed E-state index contributed by atoms with van der Waals surface area (Å²) in [5, 5.41) is 11.9. The third-order valence-electron chi connectivity index (χ3n) is 4.40. The monoisotopic (exact) mass is 585 g/mol. The fourth-order valence-electron chi connectivity index (χ4n) is 2.83. The molecule has 0 aliphatic carbocycles. The highest BCUT2D eigenvalue weighted by atomic mass is 35.5. The van der Waals surface area contributed by atoms with Gasteiger partial charge in [-0.05, 0) is 53.9 Å². The lowest BCUT2D eigenvalue weighted by Gasteiger charge is -2.20. The molecule has 0 saturated heterocycles. The molecule has 2 N–H and O–H groups in total. The van der Waals surface area contributed by atoms with Crippen LogP contribution in [-0.2, 0) is 5.41 Å². The maximum absolute atomic E-state index is 12.1. The van der Waals surface area contributed by atoms with Crippen LogP contribution in [0.25, 0.3) is 5.69 Å². The Kier molecular flexibility index (Phi) is 10.9. The number of nitrogens with one attached hydrogen (secondary N) is 2. The van der Waals surface area contributed by atoms with E-state index in [1.807, 2.05) is 47.8 Å². The summed E-state index contributed by atoms with van der Waals surface area (Å²) >= 11 is 13.8. The second kappa shape index (κ2) is 13.0. The molecule has 3 rings (SSSR count). The molecule has 0 saturated carbocycles. The van der Waals surface area contributed by atoms with E-state index < -0.39 is 5.76 Å². The Morgan fingerprint density at radius 1 is 1.05 bits per heavy atom. The van der Waals surface area contributed by atoms with E-state index in [0.29, 0.717) is 34.2 Å². The van der Waals surface area contributed by atoms with Crippen LogP contribution in [0.1, 0.15) is 68.2 Å². The van der Waals surface area contributed by atoms with Gasteiger partial charge in [-0.2, -0.15) is 19.6 Å². The van der Waals surface area contributed by atoms with Crippen LogP contribution in [0, 0.1) is 0 Å². The molecular weight excluding hydrogens is 549 g/mol. The highest BCUT2D eigenvalue weighted by Gasteiger charge is 2.24. The average molecular weight is 587 g/mol. The molecule has 0 atom stereocenters. The van der Waals surface area contributed by atoms with Crippen LogP contribution in [-0.4, -0.2) is 49.2 Å². The van der Waals surface area contributed by atoms with Crippen molar-refractivity contribution in [2.75, 3.05) is 23.4 Å². The summed E-state index contributed by atoms with van der Waals surface area (Å²) in [7, 11) is 0. The lowest BCUT2D eigenvalue weighted by Crippen LogP contribution is -2.27. The molecule has 0 fully saturated rings. The lowest BCUT2D eigenvalue weighted by molar-refractivity contribution is 0.242. The van der Waals surface area contributed by atoms with Crippen molar-refractivity contribution in [1.29, 1.82) is 0 Å². The van der Waals surface area contributed by atoms with Crippen molar-refractivity contribution in [2.45, 2.75) is 84.5 Å². The molecule has 0 aliphatic heterocycles. The molecule has 2 heterocycles. The van der Waals surface area contributed by atoms with Crippen molar-refractivity contribution >= 4 is 46.9 Å². The normalized spacial score (nSPS) is 11.7. The van der Waals surface area contributed by atoms with E-state index in [1.165, 1.54) is 17.8 Å². The zero-order valence-corrected chi connectivity index (χ0v) is 25.9. The quantitative estimate of drug-likeness (QED) is 0.299. The molecule has 0 unspecified atom stereocenters. The molecule has 0 spiro atoms. The molecule has 10 nitrogen and oxygen atoms in total. The van der Waals surface area contributed by atoms with Gasteiger partial charge in [0.2, 0.25) is 17.8 Å². The Hall–Kier alpha value is -2.50. The van der Waals surface area contributed by atoms with Gasteiger partial charge >= 0.3 is 5.76 Å². The predicted molar refractivity (Wildman–Crippen MR) is 156 cm³/mol. The minimum Gasteiger partial charge on any atom is -0.489 e. The van der Waals surface area contributed by atoms with E-state index in [0.717, 1.165) is 16.4 Å². The third kappa shape index (κ3) is 9.36. The molecule has 2 aromatic heterocycles. The number of hydrogen-bond donors (Lipinski definition) is 2. The van der Waals surface area contributed by atoms with Gasteiger partial charge in [0.1, 0.15) is 5.75 Å². The van der Waals surface area contributed by atoms with Gasteiger partial charge in [-0.15, -0.1) is 5.10 Å². The molecule has 210 valence electrons. The van der Waals surface area contributed by atoms with Crippen molar-refractivity contribution < 1.29 is 9.15 Å². The Morgan fingerprint density at radius 2 is 1.68 bits per heavy atom. The van der Waals surface area contributed by atoms with Crippen LogP contribution < -0.4 is 21.1 Å². The smallest absolute Gasteiger partial charge is 0.442 e. The number of aromatic nitrogens is 5. The number of rotatable bonds is 7. The average Bonchev–Trinajstić information content (AvgIpc) is 3.16. The van der Waals surface area contributed by atoms with E-state index in [1.54, 1.807) is 6.07 Å². The number of nitrogens with zero attached hydrogens (tertiary/aromatic N) is 5. The van der Waals surface area contributed by atoms with Gasteiger partial charge in [0.05, 0.1) is 21.8 Å². The van der Waals surface area contributed by atoms with Gasteiger partial charge in [0, 0.05) is 23.6 Å². The summed E-state index contributed by atoms with van der Waals surface area (Å²) < 4.78 is 11.9. The van der Waals surface area contributed by atoms with Crippen LogP contribution in [0.2, 0.25) is 10.0 Å². The maximum Gasteiger partial charge on any atom is 0.442 e. The zero-order chi connectivity index (χ0) is 28.8. The molecule has 13 heteroatoms. The summed E-state index contributed by atoms with van der Waals surface area (Å²) in [4.78, 5) is 24.9. The number of benzene rings is 1. The van der Waals surface area contributed by atoms with Gasteiger partial charge in [-0.3, -0.25) is 0 Å². The molecule has 0 bridgehead atoms. The zero-order valence-electron chi connectivity index (χ0n) is 23.6. The standard InChI is InChI=1S/C15H18Cl2N2O3.C10H19N5S/c1-8(2)21-12-7-11(9(16)6-10(12)17)19-14(20)22-13(18-19)15(3,4)5;1-6-11-7-12-8(15-10(2,3)4)14-9(13-7)16-5/h6-8H,1-5H3;6H2,1-5H3,(H2,11,12,13,14,15). The minimum absolute atomic E-state index is 0.0550. The van der Waals surface area contributed by atoms with Crippen molar-refractivity contribution in [3.05, 3.63) is 38.6 Å².